The van der Waals surface area contributed by atoms with Gasteiger partial charge in [0.05, 0.1) is 11.9 Å². The SMILES string of the molecule is CC.CC.CCNc1cc(-n2ccnc2)cc(C(F)(F)F)c1. The highest BCUT2D eigenvalue weighted by molar-refractivity contribution is 5.54. The number of hydrogen-bond acceptors (Lipinski definition) is 2. The van der Waals surface area contributed by atoms with E-state index in [0.29, 0.717) is 17.9 Å². The van der Waals surface area contributed by atoms with E-state index in [1.54, 1.807) is 12.3 Å². The van der Waals surface area contributed by atoms with Crippen LogP contribution in [0.25, 0.3) is 5.69 Å². The summed E-state index contributed by atoms with van der Waals surface area (Å²) in [6, 6.07) is 3.85. The van der Waals surface area contributed by atoms with Crippen LogP contribution in [0.2, 0.25) is 0 Å². The zero-order chi connectivity index (χ0) is 17.2. The number of nitrogens with zero attached hydrogens (tertiary/aromatic N) is 2. The van der Waals surface area contributed by atoms with Crippen molar-refractivity contribution < 1.29 is 13.2 Å². The summed E-state index contributed by atoms with van der Waals surface area (Å²) in [6.45, 7) is 10.4. The Morgan fingerprint density at radius 3 is 2.18 bits per heavy atom. The maximum atomic E-state index is 12.8. The second-order valence-corrected chi connectivity index (χ2v) is 3.77. The van der Waals surface area contributed by atoms with Crippen LogP contribution in [0.5, 0.6) is 0 Å². The lowest BCUT2D eigenvalue weighted by atomic mass is 10.1. The zero-order valence-electron chi connectivity index (χ0n) is 13.7. The normalized spacial score (nSPS) is 10.0. The molecule has 0 aliphatic carbocycles. The second kappa shape index (κ2) is 9.87. The molecule has 1 heterocycles. The summed E-state index contributed by atoms with van der Waals surface area (Å²) in [5.74, 6) is 0. The van der Waals surface area contributed by atoms with Gasteiger partial charge in [0.25, 0.3) is 0 Å². The molecule has 0 fully saturated rings. The predicted octanol–water partition coefficient (Wildman–Crippen LogP) is 5.38. The Hall–Kier alpha value is -1.98. The lowest BCUT2D eigenvalue weighted by Gasteiger charge is -2.13. The monoisotopic (exact) mass is 315 g/mol. The highest BCUT2D eigenvalue weighted by atomic mass is 19.4. The summed E-state index contributed by atoms with van der Waals surface area (Å²) in [5.41, 5.74) is 0.193. The van der Waals surface area contributed by atoms with Crippen molar-refractivity contribution in [2.75, 3.05) is 11.9 Å². The molecule has 0 aliphatic rings. The zero-order valence-corrected chi connectivity index (χ0v) is 13.7. The molecule has 1 aromatic heterocycles. The molecule has 3 nitrogen and oxygen atoms in total. The minimum absolute atomic E-state index is 0.429. The molecule has 0 spiro atoms. The molecular weight excluding hydrogens is 291 g/mol. The Labute approximate surface area is 130 Å². The van der Waals surface area contributed by atoms with Gasteiger partial charge in [0.15, 0.2) is 0 Å². The highest BCUT2D eigenvalue weighted by Crippen LogP contribution is 2.32. The predicted molar refractivity (Wildman–Crippen MR) is 85.4 cm³/mol. The largest absolute Gasteiger partial charge is 0.416 e. The Bertz CT molecular complexity index is 520. The smallest absolute Gasteiger partial charge is 0.385 e. The number of halogens is 3. The van der Waals surface area contributed by atoms with Crippen molar-refractivity contribution in [3.8, 4) is 5.69 Å². The average Bonchev–Trinajstić information content (AvgIpc) is 3.05. The van der Waals surface area contributed by atoms with Crippen molar-refractivity contribution in [1.82, 2.24) is 9.55 Å². The lowest BCUT2D eigenvalue weighted by Crippen LogP contribution is -2.08. The summed E-state index contributed by atoms with van der Waals surface area (Å²) in [5, 5.41) is 2.89. The van der Waals surface area contributed by atoms with Crippen LogP contribution in [-0.2, 0) is 6.18 Å². The molecule has 0 aliphatic heterocycles. The average molecular weight is 315 g/mol. The van der Waals surface area contributed by atoms with E-state index >= 15 is 0 Å². The summed E-state index contributed by atoms with van der Waals surface area (Å²) < 4.78 is 39.9. The van der Waals surface area contributed by atoms with Gasteiger partial charge in [-0.2, -0.15) is 13.2 Å². The van der Waals surface area contributed by atoms with E-state index in [9.17, 15) is 13.2 Å². The van der Waals surface area contributed by atoms with E-state index < -0.39 is 11.7 Å². The molecule has 1 aromatic carbocycles. The van der Waals surface area contributed by atoms with Gasteiger partial charge in [0.2, 0.25) is 0 Å². The number of nitrogens with one attached hydrogen (secondary N) is 1. The Morgan fingerprint density at radius 1 is 1.09 bits per heavy atom. The van der Waals surface area contributed by atoms with Gasteiger partial charge < -0.3 is 9.88 Å². The van der Waals surface area contributed by atoms with Gasteiger partial charge in [-0.3, -0.25) is 0 Å². The van der Waals surface area contributed by atoms with Gasteiger partial charge in [0, 0.05) is 30.3 Å². The van der Waals surface area contributed by atoms with Crippen LogP contribution in [0.1, 0.15) is 40.2 Å². The summed E-state index contributed by atoms with van der Waals surface area (Å²) in [6.07, 6.45) is 0.227. The van der Waals surface area contributed by atoms with Gasteiger partial charge in [-0.1, -0.05) is 27.7 Å². The molecule has 6 heteroatoms. The van der Waals surface area contributed by atoms with Crippen molar-refractivity contribution in [2.45, 2.75) is 40.8 Å². The summed E-state index contributed by atoms with van der Waals surface area (Å²) >= 11 is 0. The van der Waals surface area contributed by atoms with Crippen molar-refractivity contribution in [1.29, 1.82) is 0 Å². The van der Waals surface area contributed by atoms with Crippen LogP contribution in [0.4, 0.5) is 18.9 Å². The third-order valence-electron chi connectivity index (χ3n) is 2.43. The first-order valence-corrected chi connectivity index (χ1v) is 7.45. The maximum Gasteiger partial charge on any atom is 0.416 e. The standard InChI is InChI=1S/C12H12F3N3.2C2H6/c1-2-17-10-5-9(12(13,14)15)6-11(7-10)18-4-3-16-8-18;2*1-2/h3-8,17H,2H2,1H3;2*1-2H3. The molecule has 2 rings (SSSR count). The third-order valence-corrected chi connectivity index (χ3v) is 2.43. The molecule has 2 aromatic rings. The molecule has 0 atom stereocenters. The molecule has 0 amide bonds. The van der Waals surface area contributed by atoms with Crippen LogP contribution < -0.4 is 5.32 Å². The minimum Gasteiger partial charge on any atom is -0.385 e. The van der Waals surface area contributed by atoms with Gasteiger partial charge in [0.1, 0.15) is 0 Å². The first-order valence-electron chi connectivity index (χ1n) is 7.45. The lowest BCUT2D eigenvalue weighted by molar-refractivity contribution is -0.137. The highest BCUT2D eigenvalue weighted by Gasteiger charge is 2.31. The molecule has 0 radical (unpaired) electrons. The molecule has 0 saturated carbocycles. The van der Waals surface area contributed by atoms with Crippen LogP contribution >= 0.6 is 0 Å². The van der Waals surface area contributed by atoms with Crippen molar-refractivity contribution in [3.63, 3.8) is 0 Å². The van der Waals surface area contributed by atoms with Crippen LogP contribution in [0, 0.1) is 0 Å². The third kappa shape index (κ3) is 5.79. The molecular formula is C16H24F3N3. The van der Waals surface area contributed by atoms with Crippen LogP contribution in [-0.4, -0.2) is 16.1 Å². The second-order valence-electron chi connectivity index (χ2n) is 3.77. The van der Waals surface area contributed by atoms with E-state index in [-0.39, 0.29) is 0 Å². The molecule has 0 saturated heterocycles. The Morgan fingerprint density at radius 2 is 1.73 bits per heavy atom. The van der Waals surface area contributed by atoms with Crippen molar-refractivity contribution in [3.05, 3.63) is 42.5 Å². The molecule has 22 heavy (non-hydrogen) atoms. The van der Waals surface area contributed by atoms with Gasteiger partial charge in [-0.05, 0) is 25.1 Å². The molecule has 0 unspecified atom stereocenters. The van der Waals surface area contributed by atoms with Crippen molar-refractivity contribution >= 4 is 5.69 Å². The summed E-state index contributed by atoms with van der Waals surface area (Å²) in [4.78, 5) is 3.83. The number of anilines is 1. The number of hydrogen-bond donors (Lipinski definition) is 1. The first-order chi connectivity index (χ1) is 10.5. The Kier molecular flexibility index (Phi) is 8.98. The fourth-order valence-electron chi connectivity index (χ4n) is 1.64. The van der Waals surface area contributed by atoms with E-state index in [4.69, 9.17) is 0 Å². The quantitative estimate of drug-likeness (QED) is 0.824. The van der Waals surface area contributed by atoms with E-state index in [0.717, 1.165) is 12.1 Å². The fraction of sp³-hybridized carbons (Fsp3) is 0.438. The molecule has 0 bridgehead atoms. The van der Waals surface area contributed by atoms with Crippen LogP contribution in [0.3, 0.4) is 0 Å². The van der Waals surface area contributed by atoms with E-state index in [1.165, 1.54) is 17.1 Å². The van der Waals surface area contributed by atoms with Gasteiger partial charge in [-0.15, -0.1) is 0 Å². The number of aromatic nitrogens is 2. The van der Waals surface area contributed by atoms with Crippen molar-refractivity contribution in [2.24, 2.45) is 0 Å². The minimum atomic E-state index is -4.36. The van der Waals surface area contributed by atoms with Crippen LogP contribution in [0.15, 0.2) is 36.9 Å². The van der Waals surface area contributed by atoms with Gasteiger partial charge in [-0.25, -0.2) is 4.98 Å². The number of rotatable bonds is 3. The molecule has 124 valence electrons. The topological polar surface area (TPSA) is 29.9 Å². The summed E-state index contributed by atoms with van der Waals surface area (Å²) in [7, 11) is 0. The van der Waals surface area contributed by atoms with Gasteiger partial charge >= 0.3 is 6.18 Å². The van der Waals surface area contributed by atoms with E-state index in [1.807, 2.05) is 34.6 Å². The number of imidazole rings is 1. The number of alkyl halides is 3. The Balaban J connectivity index is 0.00000102. The fourth-order valence-corrected chi connectivity index (χ4v) is 1.64. The maximum absolute atomic E-state index is 12.8. The molecule has 1 N–H and O–H groups in total. The number of benzene rings is 1. The van der Waals surface area contributed by atoms with E-state index in [2.05, 4.69) is 10.3 Å². The first kappa shape index (κ1) is 20.0.